The third-order valence-corrected chi connectivity index (χ3v) is 1.99. The van der Waals surface area contributed by atoms with Gasteiger partial charge in [-0.15, -0.1) is 0 Å². The Bertz CT molecular complexity index is 274. The molecule has 0 bridgehead atoms. The summed E-state index contributed by atoms with van der Waals surface area (Å²) >= 11 is 8.33. The highest BCUT2D eigenvalue weighted by molar-refractivity contribution is 9.10. The maximum Gasteiger partial charge on any atom is 0.178 e. The normalized spacial score (nSPS) is 10.8. The summed E-state index contributed by atoms with van der Waals surface area (Å²) in [5.41, 5.74) is 0. The van der Waals surface area contributed by atoms with E-state index in [0.29, 0.717) is 6.04 Å². The molecule has 0 unspecified atom stereocenters. The van der Waals surface area contributed by atoms with E-state index in [9.17, 15) is 0 Å². The van der Waals surface area contributed by atoms with Crippen LogP contribution in [0.15, 0.2) is 10.8 Å². The summed E-state index contributed by atoms with van der Waals surface area (Å²) in [7, 11) is 0. The molecule has 0 atom stereocenters. The fourth-order valence-electron chi connectivity index (χ4n) is 0.763. The minimum Gasteiger partial charge on any atom is -0.325 e. The molecule has 0 spiro atoms. The highest BCUT2D eigenvalue weighted by Gasteiger charge is 1.99. The van der Waals surface area contributed by atoms with Gasteiger partial charge in [0.1, 0.15) is 4.60 Å². The molecule has 0 saturated carbocycles. The van der Waals surface area contributed by atoms with E-state index in [1.165, 1.54) is 0 Å². The molecule has 2 nitrogen and oxygen atoms in total. The molecule has 56 valence electrons. The fraction of sp³-hybridized carbons (Fsp3) is 0.500. The number of imidazole rings is 1. The molecule has 0 aliphatic rings. The van der Waals surface area contributed by atoms with E-state index in [2.05, 4.69) is 34.8 Å². The molecule has 0 saturated heterocycles. The summed E-state index contributed by atoms with van der Waals surface area (Å²) in [5.74, 6) is 0. The monoisotopic (exact) mass is 220 g/mol. The molecular formula is C6H9BrN2S. The Labute approximate surface area is 73.4 Å². The van der Waals surface area contributed by atoms with Crippen molar-refractivity contribution in [2.24, 2.45) is 0 Å². The standard InChI is InChI=1S/C6H9BrN2S/c1-4(2)9-3-5(7)8-6(9)10/h3-4H,1-2H3,(H,8,10). The Morgan fingerprint density at radius 3 is 2.50 bits per heavy atom. The average molecular weight is 221 g/mol. The summed E-state index contributed by atoms with van der Waals surface area (Å²) < 4.78 is 3.70. The van der Waals surface area contributed by atoms with E-state index in [4.69, 9.17) is 12.2 Å². The zero-order valence-corrected chi connectivity index (χ0v) is 8.29. The van der Waals surface area contributed by atoms with Crippen molar-refractivity contribution in [1.29, 1.82) is 0 Å². The molecule has 0 aromatic carbocycles. The second-order valence-electron chi connectivity index (χ2n) is 2.41. The Morgan fingerprint density at radius 2 is 2.30 bits per heavy atom. The van der Waals surface area contributed by atoms with Crippen LogP contribution in [-0.2, 0) is 0 Å². The van der Waals surface area contributed by atoms with Crippen molar-refractivity contribution in [3.05, 3.63) is 15.6 Å². The first-order valence-corrected chi connectivity index (χ1v) is 4.28. The highest BCUT2D eigenvalue weighted by atomic mass is 79.9. The van der Waals surface area contributed by atoms with Gasteiger partial charge in [0.25, 0.3) is 0 Å². The number of hydrogen-bond donors (Lipinski definition) is 1. The van der Waals surface area contributed by atoms with Gasteiger partial charge in [0.15, 0.2) is 4.77 Å². The molecule has 1 heterocycles. The van der Waals surface area contributed by atoms with Gasteiger partial charge in [0.2, 0.25) is 0 Å². The van der Waals surface area contributed by atoms with Crippen molar-refractivity contribution in [2.75, 3.05) is 0 Å². The lowest BCUT2D eigenvalue weighted by atomic mass is 10.4. The number of halogens is 1. The van der Waals surface area contributed by atoms with Crippen LogP contribution in [0.1, 0.15) is 19.9 Å². The molecule has 1 aromatic heterocycles. The topological polar surface area (TPSA) is 20.7 Å². The van der Waals surface area contributed by atoms with Crippen LogP contribution in [0.5, 0.6) is 0 Å². The molecule has 1 aromatic rings. The van der Waals surface area contributed by atoms with E-state index in [-0.39, 0.29) is 0 Å². The molecule has 1 N–H and O–H groups in total. The van der Waals surface area contributed by atoms with Crippen LogP contribution >= 0.6 is 28.1 Å². The number of nitrogens with zero attached hydrogens (tertiary/aromatic N) is 1. The van der Waals surface area contributed by atoms with Crippen LogP contribution in [0.4, 0.5) is 0 Å². The Kier molecular flexibility index (Phi) is 2.31. The lowest BCUT2D eigenvalue weighted by Gasteiger charge is -2.03. The molecule has 0 fully saturated rings. The number of hydrogen-bond acceptors (Lipinski definition) is 1. The van der Waals surface area contributed by atoms with Crippen LogP contribution in [0, 0.1) is 4.77 Å². The fourth-order valence-corrected chi connectivity index (χ4v) is 1.68. The first kappa shape index (κ1) is 8.01. The van der Waals surface area contributed by atoms with Crippen LogP contribution in [0.25, 0.3) is 0 Å². The number of rotatable bonds is 1. The van der Waals surface area contributed by atoms with Crippen LogP contribution < -0.4 is 0 Å². The quantitative estimate of drug-likeness (QED) is 0.723. The zero-order chi connectivity index (χ0) is 7.72. The SMILES string of the molecule is CC(C)n1cc(Br)[nH]c1=S. The largest absolute Gasteiger partial charge is 0.325 e. The van der Waals surface area contributed by atoms with Gasteiger partial charge >= 0.3 is 0 Å². The molecule has 1 rings (SSSR count). The van der Waals surface area contributed by atoms with Gasteiger partial charge in [-0.05, 0) is 42.0 Å². The van der Waals surface area contributed by atoms with Gasteiger partial charge < -0.3 is 9.55 Å². The van der Waals surface area contributed by atoms with Crippen LogP contribution in [0.2, 0.25) is 0 Å². The van der Waals surface area contributed by atoms with Gasteiger partial charge in [0, 0.05) is 12.2 Å². The van der Waals surface area contributed by atoms with Crippen molar-refractivity contribution in [3.63, 3.8) is 0 Å². The summed E-state index contributed by atoms with van der Waals surface area (Å²) in [5, 5.41) is 0. The van der Waals surface area contributed by atoms with Gasteiger partial charge in [-0.2, -0.15) is 0 Å². The summed E-state index contributed by atoms with van der Waals surface area (Å²) in [6.45, 7) is 4.19. The van der Waals surface area contributed by atoms with E-state index in [1.807, 2.05) is 10.8 Å². The van der Waals surface area contributed by atoms with Crippen molar-refractivity contribution in [1.82, 2.24) is 9.55 Å². The van der Waals surface area contributed by atoms with Crippen molar-refractivity contribution >= 4 is 28.1 Å². The van der Waals surface area contributed by atoms with Crippen LogP contribution in [-0.4, -0.2) is 9.55 Å². The molecule has 4 heteroatoms. The molecule has 0 amide bonds. The Balaban J connectivity index is 3.16. The van der Waals surface area contributed by atoms with Crippen molar-refractivity contribution < 1.29 is 0 Å². The van der Waals surface area contributed by atoms with Crippen LogP contribution in [0.3, 0.4) is 0 Å². The van der Waals surface area contributed by atoms with E-state index in [0.717, 1.165) is 9.37 Å². The minimum absolute atomic E-state index is 0.426. The first-order chi connectivity index (χ1) is 4.61. The lowest BCUT2D eigenvalue weighted by molar-refractivity contribution is 0.592. The second-order valence-corrected chi connectivity index (χ2v) is 3.65. The maximum atomic E-state index is 5.03. The summed E-state index contributed by atoms with van der Waals surface area (Å²) in [6, 6.07) is 0.426. The Morgan fingerprint density at radius 1 is 1.70 bits per heavy atom. The third kappa shape index (κ3) is 1.49. The highest BCUT2D eigenvalue weighted by Crippen LogP contribution is 2.11. The van der Waals surface area contributed by atoms with Crippen molar-refractivity contribution in [3.8, 4) is 0 Å². The van der Waals surface area contributed by atoms with Gasteiger partial charge in [0.05, 0.1) is 0 Å². The molecule has 0 radical (unpaired) electrons. The predicted molar refractivity (Wildman–Crippen MR) is 47.7 cm³/mol. The summed E-state index contributed by atoms with van der Waals surface area (Å²) in [6.07, 6.45) is 1.95. The van der Waals surface area contributed by atoms with Gasteiger partial charge in [-0.25, -0.2) is 0 Å². The minimum atomic E-state index is 0.426. The van der Waals surface area contributed by atoms with E-state index >= 15 is 0 Å². The van der Waals surface area contributed by atoms with E-state index < -0.39 is 0 Å². The number of aromatic nitrogens is 2. The van der Waals surface area contributed by atoms with Gasteiger partial charge in [-0.1, -0.05) is 0 Å². The zero-order valence-electron chi connectivity index (χ0n) is 5.89. The lowest BCUT2D eigenvalue weighted by Crippen LogP contribution is -1.97. The number of nitrogens with one attached hydrogen (secondary N) is 1. The second kappa shape index (κ2) is 2.88. The average Bonchev–Trinajstić information content (AvgIpc) is 2.10. The smallest absolute Gasteiger partial charge is 0.178 e. The number of aromatic amines is 1. The van der Waals surface area contributed by atoms with Crippen molar-refractivity contribution in [2.45, 2.75) is 19.9 Å². The Hall–Kier alpha value is -0.0900. The molecule has 0 aliphatic carbocycles. The predicted octanol–water partition coefficient (Wildman–Crippen LogP) is 2.89. The third-order valence-electron chi connectivity index (χ3n) is 1.27. The molecule has 10 heavy (non-hydrogen) atoms. The molecule has 0 aliphatic heterocycles. The van der Waals surface area contributed by atoms with E-state index in [1.54, 1.807) is 0 Å². The maximum absolute atomic E-state index is 5.03. The molecular weight excluding hydrogens is 212 g/mol. The number of H-pyrrole nitrogens is 1. The first-order valence-electron chi connectivity index (χ1n) is 3.08. The van der Waals surface area contributed by atoms with Gasteiger partial charge in [-0.3, -0.25) is 0 Å². The summed E-state index contributed by atoms with van der Waals surface area (Å²) in [4.78, 5) is 2.98.